The number of aliphatic imine (C=N–C) groups is 1. The van der Waals surface area contributed by atoms with Gasteiger partial charge in [0, 0.05) is 31.7 Å². The molecule has 0 amide bonds. The van der Waals surface area contributed by atoms with Crippen molar-refractivity contribution in [3.8, 4) is 5.75 Å². The monoisotopic (exact) mass is 508 g/mol. The van der Waals surface area contributed by atoms with E-state index in [1.54, 1.807) is 12.1 Å². The summed E-state index contributed by atoms with van der Waals surface area (Å²) in [6.07, 6.45) is 2.22. The fraction of sp³-hybridized carbons (Fsp3) is 0.435. The van der Waals surface area contributed by atoms with Gasteiger partial charge in [-0.3, -0.25) is 4.90 Å². The van der Waals surface area contributed by atoms with Crippen LogP contribution in [-0.2, 0) is 13.1 Å². The molecule has 1 aliphatic heterocycles. The molecule has 2 aromatic rings. The molecule has 1 aliphatic rings. The Balaban J connectivity index is 0.00000300. The molecule has 2 unspecified atom stereocenters. The SMILES string of the molecule is CCNC(=NCc1ccc(O)cc1)NC1CCN(Cc2ccccc2)C(C)C1.I. The number of aromatic hydroxyl groups is 1. The zero-order valence-electron chi connectivity index (χ0n) is 17.3. The van der Waals surface area contributed by atoms with Crippen LogP contribution in [0.25, 0.3) is 0 Å². The van der Waals surface area contributed by atoms with Gasteiger partial charge >= 0.3 is 0 Å². The van der Waals surface area contributed by atoms with Gasteiger partial charge in [0.25, 0.3) is 0 Å². The standard InChI is InChI=1S/C23H32N4O.HI/c1-3-24-23(25-16-19-9-11-22(28)12-10-19)26-21-13-14-27(18(2)15-21)17-20-7-5-4-6-8-20;/h4-12,18,21,28H,3,13-17H2,1-2H3,(H2,24,25,26);1H. The quantitative estimate of drug-likeness (QED) is 0.312. The van der Waals surface area contributed by atoms with Crippen molar-refractivity contribution in [2.75, 3.05) is 13.1 Å². The molecule has 0 bridgehead atoms. The Morgan fingerprint density at radius 2 is 1.83 bits per heavy atom. The van der Waals surface area contributed by atoms with Gasteiger partial charge in [0.1, 0.15) is 5.75 Å². The molecule has 0 saturated carbocycles. The Hall–Kier alpha value is -1.80. The second-order valence-electron chi connectivity index (χ2n) is 7.53. The summed E-state index contributed by atoms with van der Waals surface area (Å²) < 4.78 is 0. The van der Waals surface area contributed by atoms with Gasteiger partial charge in [-0.25, -0.2) is 4.99 Å². The molecule has 2 aromatic carbocycles. The molecule has 0 aliphatic carbocycles. The Bertz CT molecular complexity index is 751. The Labute approximate surface area is 191 Å². The predicted octanol–water partition coefficient (Wildman–Crippen LogP) is 4.12. The van der Waals surface area contributed by atoms with Crippen molar-refractivity contribution in [1.29, 1.82) is 0 Å². The first-order chi connectivity index (χ1) is 13.6. The van der Waals surface area contributed by atoms with Gasteiger partial charge in [0.2, 0.25) is 0 Å². The topological polar surface area (TPSA) is 59.9 Å². The lowest BCUT2D eigenvalue weighted by molar-refractivity contribution is 0.134. The van der Waals surface area contributed by atoms with E-state index in [-0.39, 0.29) is 29.7 Å². The van der Waals surface area contributed by atoms with Crippen molar-refractivity contribution in [2.45, 2.75) is 51.9 Å². The van der Waals surface area contributed by atoms with Crippen LogP contribution in [0.5, 0.6) is 5.75 Å². The van der Waals surface area contributed by atoms with Gasteiger partial charge in [-0.1, -0.05) is 42.5 Å². The summed E-state index contributed by atoms with van der Waals surface area (Å²) in [5.41, 5.74) is 2.46. The molecule has 158 valence electrons. The van der Waals surface area contributed by atoms with Crippen LogP contribution in [0, 0.1) is 0 Å². The van der Waals surface area contributed by atoms with Crippen LogP contribution in [0.2, 0.25) is 0 Å². The van der Waals surface area contributed by atoms with Crippen molar-refractivity contribution < 1.29 is 5.11 Å². The van der Waals surface area contributed by atoms with E-state index in [1.165, 1.54) is 5.56 Å². The number of phenols is 1. The van der Waals surface area contributed by atoms with Crippen molar-refractivity contribution >= 4 is 29.9 Å². The largest absolute Gasteiger partial charge is 0.508 e. The molecule has 1 heterocycles. The fourth-order valence-corrected chi connectivity index (χ4v) is 3.69. The third-order valence-electron chi connectivity index (χ3n) is 5.28. The average Bonchev–Trinajstić information content (AvgIpc) is 2.70. The van der Waals surface area contributed by atoms with Crippen LogP contribution in [0.3, 0.4) is 0 Å². The zero-order valence-corrected chi connectivity index (χ0v) is 19.7. The molecular weight excluding hydrogens is 475 g/mol. The van der Waals surface area contributed by atoms with Gasteiger partial charge in [-0.05, 0) is 49.9 Å². The predicted molar refractivity (Wildman–Crippen MR) is 131 cm³/mol. The Morgan fingerprint density at radius 3 is 2.48 bits per heavy atom. The van der Waals surface area contributed by atoms with Gasteiger partial charge < -0.3 is 15.7 Å². The summed E-state index contributed by atoms with van der Waals surface area (Å²) in [5.74, 6) is 1.15. The van der Waals surface area contributed by atoms with Crippen molar-refractivity contribution in [3.05, 3.63) is 65.7 Å². The number of halogens is 1. The number of piperidine rings is 1. The summed E-state index contributed by atoms with van der Waals surface area (Å²) >= 11 is 0. The van der Waals surface area contributed by atoms with Gasteiger partial charge in [-0.15, -0.1) is 24.0 Å². The summed E-state index contributed by atoms with van der Waals surface area (Å²) in [7, 11) is 0. The molecular formula is C23H33IN4O. The molecule has 3 N–H and O–H groups in total. The van der Waals surface area contributed by atoms with E-state index in [2.05, 4.69) is 59.7 Å². The number of hydrogen-bond acceptors (Lipinski definition) is 3. The fourth-order valence-electron chi connectivity index (χ4n) is 3.69. The third kappa shape index (κ3) is 7.51. The molecule has 29 heavy (non-hydrogen) atoms. The summed E-state index contributed by atoms with van der Waals surface area (Å²) in [4.78, 5) is 7.28. The minimum absolute atomic E-state index is 0. The number of benzene rings is 2. The lowest BCUT2D eigenvalue weighted by Gasteiger charge is -2.38. The summed E-state index contributed by atoms with van der Waals surface area (Å²) in [6, 6.07) is 18.9. The number of nitrogens with zero attached hydrogens (tertiary/aromatic N) is 2. The third-order valence-corrected chi connectivity index (χ3v) is 5.28. The zero-order chi connectivity index (χ0) is 19.8. The minimum Gasteiger partial charge on any atom is -0.508 e. The lowest BCUT2D eigenvalue weighted by Crippen LogP contribution is -2.51. The Morgan fingerprint density at radius 1 is 1.10 bits per heavy atom. The van der Waals surface area contributed by atoms with Gasteiger partial charge in [0.15, 0.2) is 5.96 Å². The maximum atomic E-state index is 9.41. The van der Waals surface area contributed by atoms with E-state index < -0.39 is 0 Å². The van der Waals surface area contributed by atoms with E-state index in [4.69, 9.17) is 4.99 Å². The number of rotatable bonds is 6. The van der Waals surface area contributed by atoms with Crippen molar-refractivity contribution in [2.24, 2.45) is 4.99 Å². The van der Waals surface area contributed by atoms with Gasteiger partial charge in [-0.2, -0.15) is 0 Å². The van der Waals surface area contributed by atoms with Crippen LogP contribution in [-0.4, -0.2) is 41.1 Å². The molecule has 3 rings (SSSR count). The van der Waals surface area contributed by atoms with Gasteiger partial charge in [0.05, 0.1) is 6.54 Å². The maximum Gasteiger partial charge on any atom is 0.191 e. The highest BCUT2D eigenvalue weighted by Crippen LogP contribution is 2.20. The second-order valence-corrected chi connectivity index (χ2v) is 7.53. The van der Waals surface area contributed by atoms with Crippen LogP contribution >= 0.6 is 24.0 Å². The van der Waals surface area contributed by atoms with E-state index in [1.807, 2.05) is 12.1 Å². The normalized spacial score (nSPS) is 20.0. The summed E-state index contributed by atoms with van der Waals surface area (Å²) in [6.45, 7) is 7.94. The number of nitrogens with one attached hydrogen (secondary N) is 2. The number of phenolic OH excluding ortho intramolecular Hbond substituents is 1. The highest BCUT2D eigenvalue weighted by Gasteiger charge is 2.25. The average molecular weight is 508 g/mol. The molecule has 0 aromatic heterocycles. The lowest BCUT2D eigenvalue weighted by atomic mass is 9.97. The van der Waals surface area contributed by atoms with Crippen molar-refractivity contribution in [3.63, 3.8) is 0 Å². The van der Waals surface area contributed by atoms with Crippen LogP contribution in [0.15, 0.2) is 59.6 Å². The van der Waals surface area contributed by atoms with Crippen LogP contribution in [0.1, 0.15) is 37.8 Å². The van der Waals surface area contributed by atoms with E-state index in [0.717, 1.165) is 44.0 Å². The molecule has 1 fully saturated rings. The summed E-state index contributed by atoms with van der Waals surface area (Å²) in [5, 5.41) is 16.4. The first-order valence-corrected chi connectivity index (χ1v) is 10.2. The molecule has 2 atom stereocenters. The second kappa shape index (κ2) is 12.0. The molecule has 0 spiro atoms. The number of guanidine groups is 1. The van der Waals surface area contributed by atoms with Crippen LogP contribution in [0.4, 0.5) is 0 Å². The first kappa shape index (κ1) is 23.5. The van der Waals surface area contributed by atoms with E-state index in [9.17, 15) is 5.11 Å². The number of hydrogen-bond donors (Lipinski definition) is 3. The van der Waals surface area contributed by atoms with E-state index >= 15 is 0 Å². The van der Waals surface area contributed by atoms with Crippen molar-refractivity contribution in [1.82, 2.24) is 15.5 Å². The first-order valence-electron chi connectivity index (χ1n) is 10.2. The molecule has 1 saturated heterocycles. The molecule has 0 radical (unpaired) electrons. The maximum absolute atomic E-state index is 9.41. The highest BCUT2D eigenvalue weighted by molar-refractivity contribution is 14.0. The number of likely N-dealkylation sites (tertiary alicyclic amines) is 1. The van der Waals surface area contributed by atoms with Crippen LogP contribution < -0.4 is 10.6 Å². The Kier molecular flexibility index (Phi) is 9.73. The highest BCUT2D eigenvalue weighted by atomic mass is 127. The smallest absolute Gasteiger partial charge is 0.191 e. The molecule has 5 nitrogen and oxygen atoms in total. The molecule has 6 heteroatoms. The minimum atomic E-state index is 0. The van der Waals surface area contributed by atoms with E-state index in [0.29, 0.717) is 18.6 Å².